The normalized spacial score (nSPS) is 12.7. The van der Waals surface area contributed by atoms with Gasteiger partial charge in [0.15, 0.2) is 0 Å². The third-order valence-corrected chi connectivity index (χ3v) is 3.20. The van der Waals surface area contributed by atoms with E-state index in [4.69, 9.17) is 0 Å². The summed E-state index contributed by atoms with van der Waals surface area (Å²) in [5.41, 5.74) is 3.90. The van der Waals surface area contributed by atoms with Crippen molar-refractivity contribution in [2.75, 3.05) is 0 Å². The predicted molar refractivity (Wildman–Crippen MR) is 67.4 cm³/mol. The Bertz CT molecular complexity index is 471. The SMILES string of the molecule is CCC(C)c1ccccc1-c1cncn1C. The number of nitrogens with zero attached hydrogens (tertiary/aromatic N) is 2. The average molecular weight is 214 g/mol. The van der Waals surface area contributed by atoms with Crippen molar-refractivity contribution in [3.05, 3.63) is 42.4 Å². The summed E-state index contributed by atoms with van der Waals surface area (Å²) in [4.78, 5) is 4.19. The molecule has 1 aromatic carbocycles. The molecule has 0 aliphatic carbocycles. The first kappa shape index (κ1) is 10.9. The molecule has 1 aromatic heterocycles. The molecule has 0 spiro atoms. The van der Waals surface area contributed by atoms with E-state index in [1.165, 1.54) is 16.8 Å². The molecule has 0 bridgehead atoms. The van der Waals surface area contributed by atoms with Crippen molar-refractivity contribution < 1.29 is 0 Å². The standard InChI is InChI=1S/C14H18N2/c1-4-11(2)12-7-5-6-8-13(12)14-9-15-10-16(14)3/h5-11H,4H2,1-3H3. The highest BCUT2D eigenvalue weighted by Crippen LogP contribution is 2.30. The summed E-state index contributed by atoms with van der Waals surface area (Å²) in [6.07, 6.45) is 4.94. The summed E-state index contributed by atoms with van der Waals surface area (Å²) < 4.78 is 2.07. The maximum absolute atomic E-state index is 4.19. The molecular weight excluding hydrogens is 196 g/mol. The Labute approximate surface area is 97.0 Å². The van der Waals surface area contributed by atoms with Gasteiger partial charge in [0.2, 0.25) is 0 Å². The van der Waals surface area contributed by atoms with E-state index in [2.05, 4.69) is 47.7 Å². The first-order chi connectivity index (χ1) is 7.74. The van der Waals surface area contributed by atoms with Gasteiger partial charge in [-0.1, -0.05) is 38.1 Å². The van der Waals surface area contributed by atoms with Crippen LogP contribution in [-0.4, -0.2) is 9.55 Å². The molecule has 16 heavy (non-hydrogen) atoms. The van der Waals surface area contributed by atoms with E-state index in [9.17, 15) is 0 Å². The summed E-state index contributed by atoms with van der Waals surface area (Å²) >= 11 is 0. The molecule has 1 heterocycles. The van der Waals surface area contributed by atoms with E-state index in [0.29, 0.717) is 5.92 Å². The van der Waals surface area contributed by atoms with E-state index in [-0.39, 0.29) is 0 Å². The van der Waals surface area contributed by atoms with Crippen molar-refractivity contribution in [1.29, 1.82) is 0 Å². The van der Waals surface area contributed by atoms with Crippen LogP contribution in [0.1, 0.15) is 31.7 Å². The van der Waals surface area contributed by atoms with Crippen LogP contribution in [0.5, 0.6) is 0 Å². The van der Waals surface area contributed by atoms with Crippen molar-refractivity contribution in [3.63, 3.8) is 0 Å². The summed E-state index contributed by atoms with van der Waals surface area (Å²) in [6, 6.07) is 8.60. The van der Waals surface area contributed by atoms with Crippen LogP contribution in [0.2, 0.25) is 0 Å². The second-order valence-corrected chi connectivity index (χ2v) is 4.29. The van der Waals surface area contributed by atoms with E-state index in [1.54, 1.807) is 0 Å². The van der Waals surface area contributed by atoms with E-state index >= 15 is 0 Å². The zero-order chi connectivity index (χ0) is 11.5. The lowest BCUT2D eigenvalue weighted by molar-refractivity contribution is 0.734. The molecule has 2 rings (SSSR count). The van der Waals surface area contributed by atoms with Crippen LogP contribution < -0.4 is 0 Å². The van der Waals surface area contributed by atoms with Gasteiger partial charge in [0, 0.05) is 12.6 Å². The van der Waals surface area contributed by atoms with Crippen LogP contribution in [0.25, 0.3) is 11.3 Å². The maximum Gasteiger partial charge on any atom is 0.0948 e. The van der Waals surface area contributed by atoms with Gasteiger partial charge in [-0.2, -0.15) is 0 Å². The molecule has 84 valence electrons. The van der Waals surface area contributed by atoms with Crippen molar-refractivity contribution in [3.8, 4) is 11.3 Å². The minimum Gasteiger partial charge on any atom is -0.334 e. The second-order valence-electron chi connectivity index (χ2n) is 4.29. The molecule has 2 nitrogen and oxygen atoms in total. The van der Waals surface area contributed by atoms with Crippen LogP contribution in [0.15, 0.2) is 36.8 Å². The molecule has 2 aromatic rings. The van der Waals surface area contributed by atoms with Crippen LogP contribution in [0.3, 0.4) is 0 Å². The number of hydrogen-bond donors (Lipinski definition) is 0. The number of benzene rings is 1. The molecule has 2 heteroatoms. The molecular formula is C14H18N2. The first-order valence-electron chi connectivity index (χ1n) is 5.79. The Kier molecular flexibility index (Phi) is 3.09. The fraction of sp³-hybridized carbons (Fsp3) is 0.357. The zero-order valence-electron chi connectivity index (χ0n) is 10.1. The van der Waals surface area contributed by atoms with Gasteiger partial charge in [0.25, 0.3) is 0 Å². The van der Waals surface area contributed by atoms with Gasteiger partial charge in [-0.3, -0.25) is 0 Å². The number of imidazole rings is 1. The molecule has 0 saturated heterocycles. The van der Waals surface area contributed by atoms with Gasteiger partial charge in [-0.25, -0.2) is 4.98 Å². The topological polar surface area (TPSA) is 17.8 Å². The molecule has 0 saturated carbocycles. The highest BCUT2D eigenvalue weighted by Gasteiger charge is 2.11. The fourth-order valence-corrected chi connectivity index (χ4v) is 2.00. The Morgan fingerprint density at radius 2 is 2.06 bits per heavy atom. The van der Waals surface area contributed by atoms with Gasteiger partial charge in [-0.05, 0) is 17.9 Å². The molecule has 1 atom stereocenters. The van der Waals surface area contributed by atoms with Crippen LogP contribution in [0.4, 0.5) is 0 Å². The van der Waals surface area contributed by atoms with E-state index in [0.717, 1.165) is 6.42 Å². The minimum atomic E-state index is 0.589. The third kappa shape index (κ3) is 1.87. The molecule has 0 N–H and O–H groups in total. The Balaban J connectivity index is 2.53. The largest absolute Gasteiger partial charge is 0.334 e. The Morgan fingerprint density at radius 1 is 1.31 bits per heavy atom. The van der Waals surface area contributed by atoms with Crippen LogP contribution >= 0.6 is 0 Å². The van der Waals surface area contributed by atoms with Crippen molar-refractivity contribution in [2.24, 2.45) is 7.05 Å². The summed E-state index contributed by atoms with van der Waals surface area (Å²) in [5.74, 6) is 0.589. The van der Waals surface area contributed by atoms with Gasteiger partial charge in [0.1, 0.15) is 0 Å². The number of aromatic nitrogens is 2. The molecule has 0 fully saturated rings. The lowest BCUT2D eigenvalue weighted by atomic mass is 9.92. The molecule has 1 unspecified atom stereocenters. The quantitative estimate of drug-likeness (QED) is 0.763. The summed E-state index contributed by atoms with van der Waals surface area (Å²) in [5, 5.41) is 0. The number of hydrogen-bond acceptors (Lipinski definition) is 1. The average Bonchev–Trinajstić information content (AvgIpc) is 2.74. The predicted octanol–water partition coefficient (Wildman–Crippen LogP) is 3.60. The second kappa shape index (κ2) is 4.52. The number of aryl methyl sites for hydroxylation is 1. The van der Waals surface area contributed by atoms with Crippen molar-refractivity contribution >= 4 is 0 Å². The molecule has 0 radical (unpaired) electrons. The van der Waals surface area contributed by atoms with Gasteiger partial charge in [0.05, 0.1) is 18.2 Å². The van der Waals surface area contributed by atoms with Crippen molar-refractivity contribution in [1.82, 2.24) is 9.55 Å². The first-order valence-corrected chi connectivity index (χ1v) is 5.79. The Morgan fingerprint density at radius 3 is 2.69 bits per heavy atom. The fourth-order valence-electron chi connectivity index (χ4n) is 2.00. The zero-order valence-corrected chi connectivity index (χ0v) is 10.1. The smallest absolute Gasteiger partial charge is 0.0948 e. The Hall–Kier alpha value is -1.57. The van der Waals surface area contributed by atoms with Gasteiger partial charge in [-0.15, -0.1) is 0 Å². The number of rotatable bonds is 3. The molecule has 0 aliphatic heterocycles. The minimum absolute atomic E-state index is 0.589. The maximum atomic E-state index is 4.19. The van der Waals surface area contributed by atoms with E-state index < -0.39 is 0 Å². The van der Waals surface area contributed by atoms with Crippen LogP contribution in [0, 0.1) is 0 Å². The summed E-state index contributed by atoms with van der Waals surface area (Å²) in [6.45, 7) is 4.50. The molecule has 0 aliphatic rings. The van der Waals surface area contributed by atoms with E-state index in [1.807, 2.05) is 19.6 Å². The van der Waals surface area contributed by atoms with Gasteiger partial charge < -0.3 is 4.57 Å². The highest BCUT2D eigenvalue weighted by molar-refractivity contribution is 5.64. The third-order valence-electron chi connectivity index (χ3n) is 3.20. The molecule has 0 amide bonds. The monoisotopic (exact) mass is 214 g/mol. The highest BCUT2D eigenvalue weighted by atomic mass is 15.0. The van der Waals surface area contributed by atoms with Crippen LogP contribution in [-0.2, 0) is 7.05 Å². The lowest BCUT2D eigenvalue weighted by Gasteiger charge is -2.14. The van der Waals surface area contributed by atoms with Gasteiger partial charge >= 0.3 is 0 Å². The van der Waals surface area contributed by atoms with Crippen molar-refractivity contribution in [2.45, 2.75) is 26.2 Å². The lowest BCUT2D eigenvalue weighted by Crippen LogP contribution is -1.97. The summed E-state index contributed by atoms with van der Waals surface area (Å²) in [7, 11) is 2.04.